The van der Waals surface area contributed by atoms with E-state index in [1.807, 2.05) is 25.1 Å². The summed E-state index contributed by atoms with van der Waals surface area (Å²) in [4.78, 5) is 0. The SMILES string of the molecule is C/C=C/c1ccc([N-]C)cc1.C[S-].[Y]. The van der Waals surface area contributed by atoms with Crippen molar-refractivity contribution >= 4 is 24.4 Å². The Bertz CT molecular complexity index is 244. The Hall–Kier alpha value is 0.214. The van der Waals surface area contributed by atoms with Gasteiger partial charge in [0.05, 0.1) is 0 Å². The summed E-state index contributed by atoms with van der Waals surface area (Å²) in [5.41, 5.74) is 2.25. The van der Waals surface area contributed by atoms with E-state index < -0.39 is 0 Å². The molecular formula is C11H15NSY-2. The summed E-state index contributed by atoms with van der Waals surface area (Å²) in [7, 11) is 1.80. The number of allylic oxidation sites excluding steroid dienone is 1. The third-order valence-corrected chi connectivity index (χ3v) is 1.51. The Morgan fingerprint density at radius 1 is 1.14 bits per heavy atom. The van der Waals surface area contributed by atoms with Gasteiger partial charge in [0.15, 0.2) is 0 Å². The van der Waals surface area contributed by atoms with Crippen molar-refractivity contribution in [3.63, 3.8) is 0 Å². The minimum Gasteiger partial charge on any atom is -0.796 e. The predicted octanol–water partition coefficient (Wildman–Crippen LogP) is 3.52. The Kier molecular flexibility index (Phi) is 13.4. The van der Waals surface area contributed by atoms with Crippen LogP contribution in [-0.2, 0) is 45.3 Å². The summed E-state index contributed by atoms with van der Waals surface area (Å²) in [6.45, 7) is 2.01. The molecule has 1 nitrogen and oxygen atoms in total. The molecule has 3 heteroatoms. The van der Waals surface area contributed by atoms with Gasteiger partial charge in [-0.15, -0.1) is 12.7 Å². The molecule has 0 atom stereocenters. The van der Waals surface area contributed by atoms with Gasteiger partial charge in [-0.2, -0.15) is 6.26 Å². The van der Waals surface area contributed by atoms with Gasteiger partial charge in [-0.3, -0.25) is 0 Å². The number of rotatable bonds is 2. The quantitative estimate of drug-likeness (QED) is 0.757. The summed E-state index contributed by atoms with van der Waals surface area (Å²) in [5, 5.41) is 4.05. The third kappa shape index (κ3) is 6.64. The molecule has 0 aliphatic heterocycles. The number of nitrogens with zero attached hydrogens (tertiary/aromatic N) is 1. The van der Waals surface area contributed by atoms with Crippen LogP contribution in [0.15, 0.2) is 30.3 Å². The van der Waals surface area contributed by atoms with Gasteiger partial charge in [-0.05, 0) is 12.5 Å². The molecule has 75 valence electrons. The van der Waals surface area contributed by atoms with Crippen LogP contribution in [0.1, 0.15) is 12.5 Å². The molecule has 1 aromatic rings. The molecule has 0 saturated carbocycles. The van der Waals surface area contributed by atoms with E-state index in [0.29, 0.717) is 0 Å². The Morgan fingerprint density at radius 3 is 2.00 bits per heavy atom. The van der Waals surface area contributed by atoms with Gasteiger partial charge in [0.2, 0.25) is 0 Å². The van der Waals surface area contributed by atoms with Gasteiger partial charge in [0.1, 0.15) is 0 Å². The van der Waals surface area contributed by atoms with Crippen molar-refractivity contribution in [2.45, 2.75) is 6.92 Å². The molecule has 0 unspecified atom stereocenters. The average molecular weight is 282 g/mol. The molecule has 0 bridgehead atoms. The zero-order chi connectivity index (χ0) is 10.1. The number of hydrogen-bond acceptors (Lipinski definition) is 1. The van der Waals surface area contributed by atoms with E-state index >= 15 is 0 Å². The monoisotopic (exact) mass is 282 g/mol. The third-order valence-electron chi connectivity index (χ3n) is 1.51. The summed E-state index contributed by atoms with van der Waals surface area (Å²) < 4.78 is 0. The van der Waals surface area contributed by atoms with E-state index in [1.54, 1.807) is 13.3 Å². The van der Waals surface area contributed by atoms with Gasteiger partial charge in [-0.25, -0.2) is 0 Å². The van der Waals surface area contributed by atoms with Crippen LogP contribution in [0.25, 0.3) is 11.4 Å². The van der Waals surface area contributed by atoms with Crippen LogP contribution in [0, 0.1) is 0 Å². The molecule has 0 spiro atoms. The second kappa shape index (κ2) is 11.3. The maximum absolute atomic E-state index is 4.08. The second-order valence-electron chi connectivity index (χ2n) is 2.32. The molecule has 0 aromatic heterocycles. The van der Waals surface area contributed by atoms with Gasteiger partial charge >= 0.3 is 0 Å². The molecule has 1 aromatic carbocycles. The minimum atomic E-state index is 0. The van der Waals surface area contributed by atoms with E-state index in [2.05, 4.69) is 36.2 Å². The van der Waals surface area contributed by atoms with E-state index in [-0.39, 0.29) is 32.7 Å². The van der Waals surface area contributed by atoms with Gasteiger partial charge < -0.3 is 17.9 Å². The number of hydrogen-bond donors (Lipinski definition) is 0. The maximum Gasteiger partial charge on any atom is 0 e. The first-order chi connectivity index (χ1) is 6.36. The Labute approximate surface area is 118 Å². The van der Waals surface area contributed by atoms with Gasteiger partial charge in [0.25, 0.3) is 0 Å². The van der Waals surface area contributed by atoms with Crippen LogP contribution in [0.2, 0.25) is 0 Å². The standard InChI is InChI=1S/C10H12N.CH4S.Y/c1-3-4-9-5-7-10(11-2)8-6-9;1-2;/h3-8H,1-2H3;2H,1H3;/q-1;;/p-1/b4-3+;;. The van der Waals surface area contributed by atoms with Gasteiger partial charge in [0, 0.05) is 32.7 Å². The van der Waals surface area contributed by atoms with Crippen molar-refractivity contribution in [3.8, 4) is 0 Å². The van der Waals surface area contributed by atoms with Crippen LogP contribution in [0.3, 0.4) is 0 Å². The molecule has 1 rings (SSSR count). The van der Waals surface area contributed by atoms with E-state index in [1.165, 1.54) is 5.56 Å². The van der Waals surface area contributed by atoms with E-state index in [4.69, 9.17) is 0 Å². The van der Waals surface area contributed by atoms with Crippen molar-refractivity contribution in [2.75, 3.05) is 13.3 Å². The van der Waals surface area contributed by atoms with Crippen LogP contribution < -0.4 is 0 Å². The molecule has 1 radical (unpaired) electrons. The molecule has 0 heterocycles. The fourth-order valence-electron chi connectivity index (χ4n) is 0.927. The summed E-state index contributed by atoms with van der Waals surface area (Å²) in [6, 6.07) is 8.13. The first kappa shape index (κ1) is 16.6. The summed E-state index contributed by atoms with van der Waals surface area (Å²) in [5.74, 6) is 0. The Balaban J connectivity index is 0. The molecule has 0 amide bonds. The smallest absolute Gasteiger partial charge is 0 e. The molecule has 0 aliphatic rings. The van der Waals surface area contributed by atoms with Crippen molar-refractivity contribution in [1.82, 2.24) is 0 Å². The van der Waals surface area contributed by atoms with Crippen molar-refractivity contribution in [1.29, 1.82) is 0 Å². The summed E-state index contributed by atoms with van der Waals surface area (Å²) in [6.07, 6.45) is 5.68. The normalized spacial score (nSPS) is 8.57. The van der Waals surface area contributed by atoms with E-state index in [0.717, 1.165) is 5.69 Å². The Morgan fingerprint density at radius 2 is 1.64 bits per heavy atom. The van der Waals surface area contributed by atoms with Crippen LogP contribution in [-0.4, -0.2) is 13.3 Å². The van der Waals surface area contributed by atoms with Crippen molar-refractivity contribution in [3.05, 3.63) is 41.2 Å². The first-order valence-electron chi connectivity index (χ1n) is 4.10. The zero-order valence-electron chi connectivity index (χ0n) is 8.90. The van der Waals surface area contributed by atoms with Crippen LogP contribution in [0.4, 0.5) is 5.69 Å². The zero-order valence-corrected chi connectivity index (χ0v) is 12.6. The second-order valence-corrected chi connectivity index (χ2v) is 2.32. The summed E-state index contributed by atoms with van der Waals surface area (Å²) >= 11 is 4.08. The van der Waals surface area contributed by atoms with Crippen molar-refractivity contribution in [2.24, 2.45) is 0 Å². The van der Waals surface area contributed by atoms with Crippen LogP contribution in [0.5, 0.6) is 0 Å². The molecule has 0 aliphatic carbocycles. The molecule has 0 fully saturated rings. The first-order valence-corrected chi connectivity index (χ1v) is 4.92. The van der Waals surface area contributed by atoms with Crippen molar-refractivity contribution < 1.29 is 32.7 Å². The molecule has 0 saturated heterocycles. The fraction of sp³-hybridized carbons (Fsp3) is 0.273. The molecule has 0 N–H and O–H groups in total. The van der Waals surface area contributed by atoms with Gasteiger partial charge in [-0.1, -0.05) is 36.4 Å². The largest absolute Gasteiger partial charge is 0.796 e. The molecular weight excluding hydrogens is 267 g/mol. The fourth-order valence-corrected chi connectivity index (χ4v) is 0.927. The maximum atomic E-state index is 4.08. The minimum absolute atomic E-state index is 0. The topological polar surface area (TPSA) is 14.1 Å². The predicted molar refractivity (Wildman–Crippen MR) is 63.4 cm³/mol. The number of benzene rings is 1. The average Bonchev–Trinajstić information content (AvgIpc) is 2.23. The van der Waals surface area contributed by atoms with E-state index in [9.17, 15) is 0 Å². The van der Waals surface area contributed by atoms with Crippen LogP contribution >= 0.6 is 0 Å². The molecule has 14 heavy (non-hydrogen) atoms.